The monoisotopic (exact) mass is 305 g/mol. The van der Waals surface area contributed by atoms with E-state index in [9.17, 15) is 4.79 Å². The fourth-order valence-electron chi connectivity index (χ4n) is 1.80. The number of carbonyl (C=O) groups excluding carboxylic acids is 1. The molecule has 2 heterocycles. The van der Waals surface area contributed by atoms with Gasteiger partial charge in [-0.15, -0.1) is 0 Å². The molecule has 0 atom stereocenters. The number of hydrogen-bond donors (Lipinski definition) is 2. The minimum absolute atomic E-state index is 0.126. The van der Waals surface area contributed by atoms with Gasteiger partial charge in [-0.05, 0) is 31.5 Å². The van der Waals surface area contributed by atoms with E-state index in [1.807, 2.05) is 26.0 Å². The van der Waals surface area contributed by atoms with Crippen molar-refractivity contribution in [3.05, 3.63) is 35.0 Å². The molecule has 1 amide bonds. The zero-order valence-electron chi connectivity index (χ0n) is 12.3. The molecule has 0 aliphatic heterocycles. The number of rotatable bonds is 5. The second-order valence-electron chi connectivity index (χ2n) is 5.05. The summed E-state index contributed by atoms with van der Waals surface area (Å²) in [4.78, 5) is 22.7. The maximum absolute atomic E-state index is 12.4. The summed E-state index contributed by atoms with van der Waals surface area (Å²) in [6, 6.07) is 4.00. The van der Waals surface area contributed by atoms with Gasteiger partial charge in [0.2, 0.25) is 0 Å². The molecular formula is C14H19N5OS. The summed E-state index contributed by atoms with van der Waals surface area (Å²) in [5.41, 5.74) is 6.87. The van der Waals surface area contributed by atoms with Crippen LogP contribution >= 0.6 is 11.3 Å². The van der Waals surface area contributed by atoms with Gasteiger partial charge in [-0.2, -0.15) is 0 Å². The highest BCUT2D eigenvalue weighted by Gasteiger charge is 2.20. The van der Waals surface area contributed by atoms with Crippen molar-refractivity contribution in [2.75, 3.05) is 18.1 Å². The third-order valence-electron chi connectivity index (χ3n) is 2.78. The SMILES string of the molecule is CC(C)Nc1nc(N)c(C(=O)N(C)Cc2ccncc2)s1. The van der Waals surface area contributed by atoms with Crippen LogP contribution in [0.4, 0.5) is 10.9 Å². The highest BCUT2D eigenvalue weighted by molar-refractivity contribution is 7.18. The van der Waals surface area contributed by atoms with Crippen LogP contribution in [-0.4, -0.2) is 33.9 Å². The van der Waals surface area contributed by atoms with Gasteiger partial charge in [0, 0.05) is 32.0 Å². The van der Waals surface area contributed by atoms with E-state index in [-0.39, 0.29) is 17.8 Å². The molecule has 2 aromatic rings. The normalized spacial score (nSPS) is 10.7. The lowest BCUT2D eigenvalue weighted by atomic mass is 10.2. The van der Waals surface area contributed by atoms with E-state index in [1.165, 1.54) is 11.3 Å². The van der Waals surface area contributed by atoms with Gasteiger partial charge in [0.1, 0.15) is 10.7 Å². The molecule has 0 aliphatic carbocycles. The molecule has 7 heteroatoms. The van der Waals surface area contributed by atoms with Gasteiger partial charge < -0.3 is 16.0 Å². The second kappa shape index (κ2) is 6.53. The molecular weight excluding hydrogens is 286 g/mol. The number of pyridine rings is 1. The molecule has 0 aromatic carbocycles. The van der Waals surface area contributed by atoms with Crippen LogP contribution in [0.25, 0.3) is 0 Å². The van der Waals surface area contributed by atoms with Crippen LogP contribution in [-0.2, 0) is 6.54 Å². The molecule has 0 aliphatic rings. The van der Waals surface area contributed by atoms with Crippen molar-refractivity contribution in [3.8, 4) is 0 Å². The fraction of sp³-hybridized carbons (Fsp3) is 0.357. The van der Waals surface area contributed by atoms with E-state index in [0.29, 0.717) is 16.6 Å². The summed E-state index contributed by atoms with van der Waals surface area (Å²) in [7, 11) is 1.75. The maximum Gasteiger partial charge on any atom is 0.267 e. The van der Waals surface area contributed by atoms with Gasteiger partial charge in [-0.1, -0.05) is 11.3 Å². The summed E-state index contributed by atoms with van der Waals surface area (Å²) >= 11 is 1.28. The summed E-state index contributed by atoms with van der Waals surface area (Å²) < 4.78 is 0. The maximum atomic E-state index is 12.4. The standard InChI is InChI=1S/C14H19N5OS/c1-9(2)17-14-18-12(15)11(21-14)13(20)19(3)8-10-4-6-16-7-5-10/h4-7,9H,8,15H2,1-3H3,(H,17,18). The number of nitrogens with one attached hydrogen (secondary N) is 1. The van der Waals surface area contributed by atoms with Crippen molar-refractivity contribution in [1.29, 1.82) is 0 Å². The number of nitrogens with two attached hydrogens (primary N) is 1. The number of carbonyl (C=O) groups is 1. The first kappa shape index (κ1) is 15.2. The summed E-state index contributed by atoms with van der Waals surface area (Å²) in [5.74, 6) is 0.147. The first-order valence-corrected chi connectivity index (χ1v) is 7.46. The lowest BCUT2D eigenvalue weighted by Crippen LogP contribution is -2.26. The highest BCUT2D eigenvalue weighted by atomic mass is 32.1. The Labute approximate surface area is 128 Å². The van der Waals surface area contributed by atoms with Crippen molar-refractivity contribution in [3.63, 3.8) is 0 Å². The molecule has 21 heavy (non-hydrogen) atoms. The Morgan fingerprint density at radius 3 is 2.71 bits per heavy atom. The number of nitrogen functional groups attached to an aromatic ring is 1. The number of nitrogens with zero attached hydrogens (tertiary/aromatic N) is 3. The largest absolute Gasteiger partial charge is 0.382 e. The molecule has 0 saturated carbocycles. The van der Waals surface area contributed by atoms with Crippen molar-refractivity contribution in [1.82, 2.24) is 14.9 Å². The highest BCUT2D eigenvalue weighted by Crippen LogP contribution is 2.26. The Morgan fingerprint density at radius 2 is 2.10 bits per heavy atom. The van der Waals surface area contributed by atoms with Crippen LogP contribution in [0.3, 0.4) is 0 Å². The van der Waals surface area contributed by atoms with E-state index < -0.39 is 0 Å². The zero-order valence-corrected chi connectivity index (χ0v) is 13.1. The molecule has 112 valence electrons. The molecule has 3 N–H and O–H groups in total. The number of hydrogen-bond acceptors (Lipinski definition) is 6. The molecule has 2 rings (SSSR count). The molecule has 0 fully saturated rings. The number of anilines is 2. The number of aromatic nitrogens is 2. The molecule has 0 unspecified atom stereocenters. The lowest BCUT2D eigenvalue weighted by Gasteiger charge is -2.16. The van der Waals surface area contributed by atoms with Crippen LogP contribution < -0.4 is 11.1 Å². The lowest BCUT2D eigenvalue weighted by molar-refractivity contribution is 0.0790. The average molecular weight is 305 g/mol. The van der Waals surface area contributed by atoms with E-state index in [4.69, 9.17) is 5.73 Å². The van der Waals surface area contributed by atoms with Gasteiger partial charge >= 0.3 is 0 Å². The summed E-state index contributed by atoms with van der Waals surface area (Å²) in [6.07, 6.45) is 3.42. The third-order valence-corrected chi connectivity index (χ3v) is 3.77. The third kappa shape index (κ3) is 3.91. The Balaban J connectivity index is 2.10. The minimum Gasteiger partial charge on any atom is -0.382 e. The minimum atomic E-state index is -0.126. The predicted molar refractivity (Wildman–Crippen MR) is 85.3 cm³/mol. The Hall–Kier alpha value is -2.15. The zero-order chi connectivity index (χ0) is 15.4. The van der Waals surface area contributed by atoms with E-state index >= 15 is 0 Å². The van der Waals surface area contributed by atoms with Gasteiger partial charge in [0.05, 0.1) is 0 Å². The van der Waals surface area contributed by atoms with Gasteiger partial charge in [0.15, 0.2) is 5.13 Å². The van der Waals surface area contributed by atoms with Crippen LogP contribution in [0.15, 0.2) is 24.5 Å². The van der Waals surface area contributed by atoms with E-state index in [1.54, 1.807) is 24.3 Å². The molecule has 2 aromatic heterocycles. The first-order chi connectivity index (χ1) is 9.97. The first-order valence-electron chi connectivity index (χ1n) is 6.64. The Kier molecular flexibility index (Phi) is 4.74. The predicted octanol–water partition coefficient (Wildman–Crippen LogP) is 2.21. The van der Waals surface area contributed by atoms with Gasteiger partial charge in [0.25, 0.3) is 5.91 Å². The smallest absolute Gasteiger partial charge is 0.267 e. The summed E-state index contributed by atoms with van der Waals surface area (Å²) in [5, 5.41) is 3.83. The molecule has 0 spiro atoms. The van der Waals surface area contributed by atoms with E-state index in [0.717, 1.165) is 5.56 Å². The molecule has 0 bridgehead atoms. The average Bonchev–Trinajstić information content (AvgIpc) is 2.78. The van der Waals surface area contributed by atoms with Crippen molar-refractivity contribution < 1.29 is 4.79 Å². The molecule has 0 saturated heterocycles. The van der Waals surface area contributed by atoms with Crippen LogP contribution in [0, 0.1) is 0 Å². The van der Waals surface area contributed by atoms with Gasteiger partial charge in [-0.3, -0.25) is 9.78 Å². The Bertz CT molecular complexity index is 611. The number of thiazole rings is 1. The van der Waals surface area contributed by atoms with E-state index in [2.05, 4.69) is 15.3 Å². The number of amides is 1. The molecule has 6 nitrogen and oxygen atoms in total. The van der Waals surface area contributed by atoms with Crippen LogP contribution in [0.2, 0.25) is 0 Å². The summed E-state index contributed by atoms with van der Waals surface area (Å²) in [6.45, 7) is 4.52. The van der Waals surface area contributed by atoms with Gasteiger partial charge in [-0.25, -0.2) is 4.98 Å². The molecule has 0 radical (unpaired) electrons. The Morgan fingerprint density at radius 1 is 1.43 bits per heavy atom. The second-order valence-corrected chi connectivity index (χ2v) is 6.05. The van der Waals surface area contributed by atoms with Crippen molar-refractivity contribution >= 4 is 28.2 Å². The van der Waals surface area contributed by atoms with Crippen molar-refractivity contribution in [2.24, 2.45) is 0 Å². The van der Waals surface area contributed by atoms with Crippen molar-refractivity contribution in [2.45, 2.75) is 26.4 Å². The quantitative estimate of drug-likeness (QED) is 0.885. The fourth-order valence-corrected chi connectivity index (χ4v) is 2.83. The van der Waals surface area contributed by atoms with Crippen LogP contribution in [0.1, 0.15) is 29.1 Å². The van der Waals surface area contributed by atoms with Crippen LogP contribution in [0.5, 0.6) is 0 Å². The topological polar surface area (TPSA) is 84.1 Å².